The van der Waals surface area contributed by atoms with Gasteiger partial charge in [-0.3, -0.25) is 4.79 Å². The van der Waals surface area contributed by atoms with E-state index in [1.165, 1.54) is 4.68 Å². The molecule has 0 aromatic carbocycles. The van der Waals surface area contributed by atoms with Gasteiger partial charge < -0.3 is 9.26 Å². The van der Waals surface area contributed by atoms with Crippen LogP contribution in [0, 0.1) is 0 Å². The molecule has 0 amide bonds. The molecule has 0 unspecified atom stereocenters. The van der Waals surface area contributed by atoms with Crippen molar-refractivity contribution in [3.63, 3.8) is 0 Å². The first-order valence-corrected chi connectivity index (χ1v) is 6.55. The Hall–Kier alpha value is -0.990. The Balaban J connectivity index is 2.23. The van der Waals surface area contributed by atoms with Gasteiger partial charge in [0.2, 0.25) is 0 Å². The number of hydrogen-bond donors (Lipinski definition) is 0. The van der Waals surface area contributed by atoms with Gasteiger partial charge in [0, 0.05) is 13.2 Å². The Bertz CT molecular complexity index is 609. The third-order valence-corrected chi connectivity index (χ3v) is 4.05. The summed E-state index contributed by atoms with van der Waals surface area (Å²) in [5.74, 6) is 0.608. The van der Waals surface area contributed by atoms with Crippen LogP contribution in [0.1, 0.15) is 11.5 Å². The van der Waals surface area contributed by atoms with E-state index in [-0.39, 0.29) is 12.1 Å². The fourth-order valence-corrected chi connectivity index (χ4v) is 1.92. The van der Waals surface area contributed by atoms with Crippen LogP contribution in [0.25, 0.3) is 0 Å². The molecule has 0 radical (unpaired) electrons. The van der Waals surface area contributed by atoms with E-state index in [1.807, 2.05) is 0 Å². The minimum atomic E-state index is -0.235. The maximum absolute atomic E-state index is 11.9. The average molecular weight is 379 g/mol. The van der Waals surface area contributed by atoms with Crippen molar-refractivity contribution in [1.82, 2.24) is 14.9 Å². The summed E-state index contributed by atoms with van der Waals surface area (Å²) in [5, 5.41) is 7.85. The summed E-state index contributed by atoms with van der Waals surface area (Å²) >= 11 is 6.41. The molecule has 0 atom stereocenters. The highest BCUT2D eigenvalue weighted by Crippen LogP contribution is 2.16. The van der Waals surface area contributed by atoms with Crippen LogP contribution in [0.5, 0.6) is 0 Å². The first-order chi connectivity index (χ1) is 8.61. The van der Waals surface area contributed by atoms with Gasteiger partial charge in [-0.15, -0.1) is 0 Å². The van der Waals surface area contributed by atoms with Crippen LogP contribution in [0.3, 0.4) is 0 Å². The van der Waals surface area contributed by atoms with Crippen molar-refractivity contribution in [2.45, 2.75) is 13.2 Å². The summed E-state index contributed by atoms with van der Waals surface area (Å²) in [6, 6.07) is 1.73. The molecule has 0 saturated carbocycles. The lowest BCUT2D eigenvalue weighted by atomic mass is 10.3. The Kier molecular flexibility index (Phi) is 4.31. The molecule has 0 aliphatic carbocycles. The second-order valence-corrected chi connectivity index (χ2v) is 5.13. The lowest BCUT2D eigenvalue weighted by Gasteiger charge is -2.02. The standard InChI is InChI=1S/C10H9Br2N3O3/c1-17-5-7-2-6(14-18-7)4-15-10(16)9(12)8(11)3-13-15/h2-3H,4-5H2,1H3. The monoisotopic (exact) mass is 377 g/mol. The summed E-state index contributed by atoms with van der Waals surface area (Å²) in [7, 11) is 1.57. The highest BCUT2D eigenvalue weighted by molar-refractivity contribution is 9.13. The van der Waals surface area contributed by atoms with Crippen molar-refractivity contribution in [2.24, 2.45) is 0 Å². The van der Waals surface area contributed by atoms with Crippen LogP contribution in [0.4, 0.5) is 0 Å². The average Bonchev–Trinajstić information content (AvgIpc) is 2.78. The van der Waals surface area contributed by atoms with E-state index in [9.17, 15) is 4.79 Å². The number of rotatable bonds is 4. The normalized spacial score (nSPS) is 10.8. The molecule has 0 aliphatic heterocycles. The Morgan fingerprint density at radius 3 is 3.00 bits per heavy atom. The number of ether oxygens (including phenoxy) is 1. The summed E-state index contributed by atoms with van der Waals surface area (Å²) in [5.41, 5.74) is 0.381. The zero-order valence-corrected chi connectivity index (χ0v) is 12.6. The fraction of sp³-hybridized carbons (Fsp3) is 0.300. The van der Waals surface area contributed by atoms with Gasteiger partial charge >= 0.3 is 0 Å². The fourth-order valence-electron chi connectivity index (χ4n) is 1.35. The molecule has 0 N–H and O–H groups in total. The van der Waals surface area contributed by atoms with Gasteiger partial charge in [0.1, 0.15) is 16.8 Å². The third kappa shape index (κ3) is 2.88. The summed E-state index contributed by atoms with van der Waals surface area (Å²) in [6.07, 6.45) is 1.54. The van der Waals surface area contributed by atoms with E-state index in [0.717, 1.165) is 0 Å². The molecule has 0 spiro atoms. The van der Waals surface area contributed by atoms with Crippen molar-refractivity contribution in [3.8, 4) is 0 Å². The smallest absolute Gasteiger partial charge is 0.282 e. The van der Waals surface area contributed by atoms with E-state index in [0.29, 0.717) is 27.0 Å². The minimum absolute atomic E-state index is 0.235. The highest BCUT2D eigenvalue weighted by atomic mass is 79.9. The first kappa shape index (κ1) is 13.4. The Morgan fingerprint density at radius 1 is 1.50 bits per heavy atom. The molecule has 0 saturated heterocycles. The van der Waals surface area contributed by atoms with Gasteiger partial charge in [-0.1, -0.05) is 5.16 Å². The van der Waals surface area contributed by atoms with Crippen LogP contribution in [0.2, 0.25) is 0 Å². The van der Waals surface area contributed by atoms with Crippen molar-refractivity contribution in [1.29, 1.82) is 0 Å². The molecule has 2 rings (SSSR count). The topological polar surface area (TPSA) is 70.2 Å². The summed E-state index contributed by atoms with van der Waals surface area (Å²) < 4.78 is 12.3. The number of halogens is 2. The molecular formula is C10H9Br2N3O3. The lowest BCUT2D eigenvalue weighted by Crippen LogP contribution is -2.24. The van der Waals surface area contributed by atoms with Gasteiger partial charge in [0.15, 0.2) is 5.76 Å². The van der Waals surface area contributed by atoms with Crippen molar-refractivity contribution >= 4 is 31.9 Å². The van der Waals surface area contributed by atoms with Gasteiger partial charge in [-0.05, 0) is 31.9 Å². The van der Waals surface area contributed by atoms with Crippen molar-refractivity contribution in [3.05, 3.63) is 43.0 Å². The predicted octanol–water partition coefficient (Wildman–Crippen LogP) is 1.95. The second kappa shape index (κ2) is 5.77. The largest absolute Gasteiger partial charge is 0.377 e. The SMILES string of the molecule is COCc1cc(Cn2ncc(Br)c(Br)c2=O)no1. The molecule has 2 aromatic rings. The van der Waals surface area contributed by atoms with Crippen LogP contribution in [0.15, 0.2) is 30.5 Å². The first-order valence-electron chi connectivity index (χ1n) is 4.96. The molecule has 2 aromatic heterocycles. The van der Waals surface area contributed by atoms with Gasteiger partial charge in [0.05, 0.1) is 17.2 Å². The third-order valence-electron chi connectivity index (χ3n) is 2.15. The summed E-state index contributed by atoms with van der Waals surface area (Å²) in [6.45, 7) is 0.595. The molecule has 0 fully saturated rings. The molecular weight excluding hydrogens is 370 g/mol. The van der Waals surface area contributed by atoms with Crippen LogP contribution in [-0.4, -0.2) is 22.0 Å². The lowest BCUT2D eigenvalue weighted by molar-refractivity contribution is 0.155. The maximum atomic E-state index is 11.9. The minimum Gasteiger partial charge on any atom is -0.377 e. The number of hydrogen-bond acceptors (Lipinski definition) is 5. The van der Waals surface area contributed by atoms with E-state index >= 15 is 0 Å². The molecule has 2 heterocycles. The molecule has 6 nitrogen and oxygen atoms in total. The van der Waals surface area contributed by atoms with E-state index in [4.69, 9.17) is 9.26 Å². The van der Waals surface area contributed by atoms with E-state index < -0.39 is 0 Å². The molecule has 0 aliphatic rings. The van der Waals surface area contributed by atoms with Gasteiger partial charge in [-0.25, -0.2) is 4.68 Å². The van der Waals surface area contributed by atoms with Gasteiger partial charge in [-0.2, -0.15) is 5.10 Å². The molecule has 0 bridgehead atoms. The van der Waals surface area contributed by atoms with Crippen LogP contribution in [-0.2, 0) is 17.9 Å². The van der Waals surface area contributed by atoms with Crippen LogP contribution >= 0.6 is 31.9 Å². The van der Waals surface area contributed by atoms with E-state index in [1.54, 1.807) is 19.4 Å². The van der Waals surface area contributed by atoms with Crippen LogP contribution < -0.4 is 5.56 Å². The maximum Gasteiger partial charge on any atom is 0.282 e. The number of aromatic nitrogens is 3. The zero-order chi connectivity index (χ0) is 13.1. The Labute approximate surface area is 119 Å². The number of nitrogens with zero attached hydrogens (tertiary/aromatic N) is 3. The number of methoxy groups -OCH3 is 1. The predicted molar refractivity (Wildman–Crippen MR) is 70.2 cm³/mol. The van der Waals surface area contributed by atoms with Crippen molar-refractivity contribution < 1.29 is 9.26 Å². The van der Waals surface area contributed by atoms with Gasteiger partial charge in [0.25, 0.3) is 5.56 Å². The summed E-state index contributed by atoms with van der Waals surface area (Å²) in [4.78, 5) is 11.9. The highest BCUT2D eigenvalue weighted by Gasteiger charge is 2.10. The van der Waals surface area contributed by atoms with E-state index in [2.05, 4.69) is 42.1 Å². The second-order valence-electron chi connectivity index (χ2n) is 3.49. The quantitative estimate of drug-likeness (QED) is 0.813. The molecule has 8 heteroatoms. The Morgan fingerprint density at radius 2 is 2.28 bits per heavy atom. The molecule has 18 heavy (non-hydrogen) atoms. The molecule has 96 valence electrons. The van der Waals surface area contributed by atoms with Crippen molar-refractivity contribution in [2.75, 3.05) is 7.11 Å². The zero-order valence-electron chi connectivity index (χ0n) is 9.39.